The monoisotopic (exact) mass is 624 g/mol. The van der Waals surface area contributed by atoms with Gasteiger partial charge in [-0.2, -0.15) is 0 Å². The summed E-state index contributed by atoms with van der Waals surface area (Å²) in [5, 5.41) is 0. The molecule has 34 heavy (non-hydrogen) atoms. The lowest BCUT2D eigenvalue weighted by atomic mass is 10.1. The molecule has 0 aliphatic rings. The number of hydrogen-bond donors (Lipinski definition) is 0. The number of carbonyl (C=O) groups is 4. The predicted molar refractivity (Wildman–Crippen MR) is 138 cm³/mol. The Kier molecular flexibility index (Phi) is 9.12. The first-order valence-corrected chi connectivity index (χ1v) is 13.3. The Hall–Kier alpha value is -2.40. The molecule has 0 atom stereocenters. The molecule has 0 saturated carbocycles. The molecule has 10 heteroatoms. The van der Waals surface area contributed by atoms with E-state index in [-0.39, 0.29) is 24.4 Å². The van der Waals surface area contributed by atoms with Gasteiger partial charge in [-0.3, -0.25) is 9.59 Å². The second-order valence-corrected chi connectivity index (χ2v) is 11.0. The molecule has 3 aromatic rings. The van der Waals surface area contributed by atoms with Crippen LogP contribution in [0.2, 0.25) is 0 Å². The van der Waals surface area contributed by atoms with Crippen LogP contribution in [0.3, 0.4) is 0 Å². The van der Waals surface area contributed by atoms with Gasteiger partial charge in [-0.25, -0.2) is 9.59 Å². The molecular formula is C24H18Br2O6S2. The molecule has 0 amide bonds. The third-order valence-corrected chi connectivity index (χ3v) is 8.02. The summed E-state index contributed by atoms with van der Waals surface area (Å²) in [5.74, 6) is -2.53. The summed E-state index contributed by atoms with van der Waals surface area (Å²) in [4.78, 5) is 51.5. The molecule has 0 aliphatic carbocycles. The van der Waals surface area contributed by atoms with Gasteiger partial charge in [0.2, 0.25) is 11.6 Å². The van der Waals surface area contributed by atoms with E-state index >= 15 is 0 Å². The second kappa shape index (κ2) is 11.8. The van der Waals surface area contributed by atoms with Gasteiger partial charge < -0.3 is 9.47 Å². The van der Waals surface area contributed by atoms with Gasteiger partial charge in [0, 0.05) is 20.1 Å². The fraction of sp³-hybridized carbons (Fsp3) is 0.167. The highest BCUT2D eigenvalue weighted by atomic mass is 79.9. The maximum atomic E-state index is 13.1. The van der Waals surface area contributed by atoms with E-state index < -0.39 is 23.5 Å². The van der Waals surface area contributed by atoms with Crippen molar-refractivity contribution >= 4 is 89.2 Å². The number of rotatable bonds is 8. The number of benzene rings is 2. The van der Waals surface area contributed by atoms with Gasteiger partial charge in [-0.05, 0) is 62.4 Å². The van der Waals surface area contributed by atoms with E-state index in [2.05, 4.69) is 31.9 Å². The summed E-state index contributed by atoms with van der Waals surface area (Å²) in [6, 6.07) is 13.2. The van der Waals surface area contributed by atoms with Crippen LogP contribution in [-0.2, 0) is 19.1 Å². The highest BCUT2D eigenvalue weighted by Crippen LogP contribution is 2.18. The highest BCUT2D eigenvalue weighted by molar-refractivity contribution is 9.10. The van der Waals surface area contributed by atoms with Gasteiger partial charge in [0.05, 0.1) is 13.2 Å². The smallest absolute Gasteiger partial charge is 0.344 e. The van der Waals surface area contributed by atoms with E-state index in [0.717, 1.165) is 31.6 Å². The van der Waals surface area contributed by atoms with Crippen molar-refractivity contribution in [2.45, 2.75) is 13.8 Å². The van der Waals surface area contributed by atoms with Crippen LogP contribution < -0.4 is 7.69 Å². The van der Waals surface area contributed by atoms with Gasteiger partial charge in [0.25, 0.3) is 0 Å². The summed E-state index contributed by atoms with van der Waals surface area (Å²) < 4.78 is 12.5. The van der Waals surface area contributed by atoms with Crippen LogP contribution in [0.25, 0.3) is 11.1 Å². The van der Waals surface area contributed by atoms with Crippen LogP contribution in [0.15, 0.2) is 57.5 Å². The van der Waals surface area contributed by atoms with Crippen molar-refractivity contribution in [2.75, 3.05) is 13.2 Å². The lowest BCUT2D eigenvalue weighted by Crippen LogP contribution is -2.29. The Morgan fingerprint density at radius 1 is 0.647 bits per heavy atom. The summed E-state index contributed by atoms with van der Waals surface area (Å²) in [5.41, 5.74) is 0.354. The molecule has 0 bridgehead atoms. The van der Waals surface area contributed by atoms with Crippen molar-refractivity contribution in [2.24, 2.45) is 0 Å². The van der Waals surface area contributed by atoms with E-state index in [1.807, 2.05) is 0 Å². The molecule has 1 aromatic heterocycles. The lowest BCUT2D eigenvalue weighted by Gasteiger charge is -2.10. The van der Waals surface area contributed by atoms with Gasteiger partial charge in [0.1, 0.15) is 18.8 Å². The Morgan fingerprint density at radius 2 is 0.971 bits per heavy atom. The minimum Gasteiger partial charge on any atom is -0.462 e. The Morgan fingerprint density at radius 3 is 1.26 bits per heavy atom. The zero-order valence-corrected chi connectivity index (χ0v) is 22.9. The lowest BCUT2D eigenvalue weighted by molar-refractivity contribution is -0.136. The quantitative estimate of drug-likeness (QED) is 0.208. The molecule has 6 nitrogen and oxygen atoms in total. The van der Waals surface area contributed by atoms with Gasteiger partial charge >= 0.3 is 11.9 Å². The first kappa shape index (κ1) is 26.2. The van der Waals surface area contributed by atoms with Crippen LogP contribution in [0.1, 0.15) is 34.6 Å². The number of Topliss-reactive ketones (excluding diaryl/α,β-unsaturated/α-hetero) is 2. The first-order chi connectivity index (χ1) is 16.3. The molecule has 3 rings (SSSR count). The normalized spacial score (nSPS) is 10.5. The fourth-order valence-corrected chi connectivity index (χ4v) is 5.56. The van der Waals surface area contributed by atoms with E-state index in [4.69, 9.17) is 9.47 Å². The molecule has 0 aliphatic heterocycles. The first-order valence-electron chi connectivity index (χ1n) is 10.1. The standard InChI is InChI=1S/C24H18Br2O6S2/c1-3-31-21(29)17(19(27)13-5-9-15(25)10-6-13)23-33-24(34-23)18(22(30)32-4-2)20(28)14-7-11-16(26)12-8-14/h5-12H,3-4H2,1-2H3. The second-order valence-electron chi connectivity index (χ2n) is 6.64. The van der Waals surface area contributed by atoms with Crippen molar-refractivity contribution in [3.63, 3.8) is 0 Å². The molecular weight excluding hydrogens is 608 g/mol. The number of ketones is 2. The van der Waals surface area contributed by atoms with E-state index in [1.54, 1.807) is 62.4 Å². The fourth-order valence-electron chi connectivity index (χ4n) is 2.82. The third kappa shape index (κ3) is 5.99. The minimum absolute atomic E-state index is 0.0946. The molecule has 2 aromatic carbocycles. The zero-order valence-electron chi connectivity index (χ0n) is 18.1. The minimum atomic E-state index is -0.763. The number of esters is 2. The molecule has 0 radical (unpaired) electrons. The molecule has 0 fully saturated rings. The van der Waals surface area contributed by atoms with Gasteiger partial charge in [-0.1, -0.05) is 31.9 Å². The summed E-state index contributed by atoms with van der Waals surface area (Å²) >= 11 is 8.66. The molecule has 1 heterocycles. The average molecular weight is 626 g/mol. The third-order valence-electron chi connectivity index (χ3n) is 4.41. The van der Waals surface area contributed by atoms with Crippen molar-refractivity contribution in [3.05, 3.63) is 76.3 Å². The maximum Gasteiger partial charge on any atom is 0.344 e. The summed E-state index contributed by atoms with van der Waals surface area (Å²) in [7, 11) is 0. The highest BCUT2D eigenvalue weighted by Gasteiger charge is 2.27. The van der Waals surface area contributed by atoms with Crippen LogP contribution in [0.5, 0.6) is 0 Å². The Bertz CT molecular complexity index is 1230. The Balaban J connectivity index is 2.17. The van der Waals surface area contributed by atoms with Crippen LogP contribution in [-0.4, -0.2) is 36.7 Å². The number of ether oxygens (including phenoxy) is 2. The topological polar surface area (TPSA) is 86.7 Å². The van der Waals surface area contributed by atoms with E-state index in [1.165, 1.54) is 0 Å². The van der Waals surface area contributed by atoms with Gasteiger partial charge in [0.15, 0.2) is 0 Å². The van der Waals surface area contributed by atoms with Crippen molar-refractivity contribution in [1.29, 1.82) is 0 Å². The Labute approximate surface area is 220 Å². The van der Waals surface area contributed by atoms with E-state index in [0.29, 0.717) is 18.8 Å². The van der Waals surface area contributed by atoms with Gasteiger partial charge in [-0.15, -0.1) is 22.7 Å². The molecule has 176 valence electrons. The average Bonchev–Trinajstić information content (AvgIpc) is 2.78. The van der Waals surface area contributed by atoms with Crippen LogP contribution in [0.4, 0.5) is 0 Å². The van der Waals surface area contributed by atoms with Crippen molar-refractivity contribution in [3.8, 4) is 0 Å². The molecule has 0 saturated heterocycles. The van der Waals surface area contributed by atoms with Crippen molar-refractivity contribution < 1.29 is 28.7 Å². The number of carbonyl (C=O) groups excluding carboxylic acids is 4. The molecule has 0 unspecified atom stereocenters. The van der Waals surface area contributed by atoms with E-state index in [9.17, 15) is 19.2 Å². The number of halogens is 2. The molecule has 0 spiro atoms. The maximum absolute atomic E-state index is 13.1. The summed E-state index contributed by atoms with van der Waals surface area (Å²) in [6.07, 6.45) is 0. The largest absolute Gasteiger partial charge is 0.462 e. The molecule has 0 N–H and O–H groups in total. The van der Waals surface area contributed by atoms with Crippen molar-refractivity contribution in [1.82, 2.24) is 0 Å². The van der Waals surface area contributed by atoms with Crippen LogP contribution in [0, 0.1) is 0 Å². The SMILES string of the molecule is CCOC(=O)C(C(=O)c1ccc(Br)cc1)=c1sc(=C(C(=O)OCC)C(=O)c2ccc(Br)cc2)s1. The van der Waals surface area contributed by atoms with Crippen LogP contribution >= 0.6 is 54.5 Å². The number of hydrogen-bond acceptors (Lipinski definition) is 8. The zero-order chi connectivity index (χ0) is 24.8. The predicted octanol–water partition coefficient (Wildman–Crippen LogP) is 4.53. The summed E-state index contributed by atoms with van der Waals surface area (Å²) in [6.45, 7) is 3.48.